The maximum Gasteiger partial charge on any atom is 0.251 e. The lowest BCUT2D eigenvalue weighted by Crippen LogP contribution is -2.41. The van der Waals surface area contributed by atoms with Gasteiger partial charge in [-0.3, -0.25) is 4.79 Å². The summed E-state index contributed by atoms with van der Waals surface area (Å²) in [5, 5.41) is 3.20. The van der Waals surface area contributed by atoms with Crippen molar-refractivity contribution in [2.45, 2.75) is 49.5 Å². The first-order chi connectivity index (χ1) is 15.3. The monoisotopic (exact) mass is 447 g/mol. The molecule has 1 aliphatic heterocycles. The number of ether oxygens (including phenoxy) is 2. The van der Waals surface area contributed by atoms with E-state index < -0.39 is 0 Å². The van der Waals surface area contributed by atoms with E-state index in [9.17, 15) is 4.79 Å². The van der Waals surface area contributed by atoms with Gasteiger partial charge in [-0.25, -0.2) is 0 Å². The fourth-order valence-electron chi connectivity index (χ4n) is 3.88. The summed E-state index contributed by atoms with van der Waals surface area (Å²) >= 11 is 1.79. The zero-order valence-electron chi connectivity index (χ0n) is 19.0. The highest BCUT2D eigenvalue weighted by molar-refractivity contribution is 7.98. The summed E-state index contributed by atoms with van der Waals surface area (Å²) in [5.41, 5.74) is 3.69. The highest BCUT2D eigenvalue weighted by Gasteiger charge is 2.35. The van der Waals surface area contributed by atoms with Gasteiger partial charge in [-0.2, -0.15) is 0 Å². The number of carbonyl (C=O) groups excluding carboxylic acids is 1. The fraction of sp³-hybridized carbons (Fsp3) is 0.296. The lowest BCUT2D eigenvalue weighted by molar-refractivity contribution is 0.0618. The first-order valence-electron chi connectivity index (χ1n) is 10.8. The fourth-order valence-corrected chi connectivity index (χ4v) is 4.74. The van der Waals surface area contributed by atoms with E-state index >= 15 is 0 Å². The SMILES string of the molecule is COc1ccc2c(c1)[C@H](NC(=O)c1ccc(CSc3ccc(C)cc3)cc1)CC(C)(C)O2. The Hall–Kier alpha value is -2.92. The average molecular weight is 448 g/mol. The van der Waals surface area contributed by atoms with E-state index in [1.54, 1.807) is 18.9 Å². The molecule has 0 radical (unpaired) electrons. The minimum atomic E-state index is -0.364. The van der Waals surface area contributed by atoms with Crippen molar-refractivity contribution >= 4 is 17.7 Å². The number of hydrogen-bond donors (Lipinski definition) is 1. The van der Waals surface area contributed by atoms with Gasteiger partial charge in [0.1, 0.15) is 17.1 Å². The standard InChI is InChI=1S/C27H29NO3S/c1-18-5-12-22(13-6-18)32-17-19-7-9-20(10-8-19)26(29)28-24-16-27(2,3)31-25-14-11-21(30-4)15-23(24)25/h5-15,24H,16-17H2,1-4H3,(H,28,29)/t24-/m1/s1. The van der Waals surface area contributed by atoms with Crippen molar-refractivity contribution in [2.75, 3.05) is 7.11 Å². The van der Waals surface area contributed by atoms with Crippen LogP contribution in [0.4, 0.5) is 0 Å². The molecule has 0 unspecified atom stereocenters. The number of benzene rings is 3. The first kappa shape index (κ1) is 22.3. The van der Waals surface area contributed by atoms with Gasteiger partial charge in [0.25, 0.3) is 5.91 Å². The predicted octanol–water partition coefficient (Wildman–Crippen LogP) is 6.33. The lowest BCUT2D eigenvalue weighted by atomic mass is 9.89. The molecule has 1 atom stereocenters. The van der Waals surface area contributed by atoms with E-state index in [1.165, 1.54) is 16.0 Å². The van der Waals surface area contributed by atoms with Crippen molar-refractivity contribution < 1.29 is 14.3 Å². The predicted molar refractivity (Wildman–Crippen MR) is 130 cm³/mol. The Morgan fingerprint density at radius 3 is 2.50 bits per heavy atom. The smallest absolute Gasteiger partial charge is 0.251 e. The maximum atomic E-state index is 13.0. The van der Waals surface area contributed by atoms with Crippen LogP contribution >= 0.6 is 11.8 Å². The molecule has 1 heterocycles. The third kappa shape index (κ3) is 5.28. The molecule has 0 saturated carbocycles. The second kappa shape index (κ2) is 9.29. The van der Waals surface area contributed by atoms with Crippen molar-refractivity contribution in [3.8, 4) is 11.5 Å². The van der Waals surface area contributed by atoms with E-state index in [0.717, 1.165) is 22.8 Å². The van der Waals surface area contributed by atoms with Gasteiger partial charge in [-0.05, 0) is 68.8 Å². The van der Waals surface area contributed by atoms with Crippen LogP contribution < -0.4 is 14.8 Å². The summed E-state index contributed by atoms with van der Waals surface area (Å²) in [4.78, 5) is 14.3. The summed E-state index contributed by atoms with van der Waals surface area (Å²) in [7, 11) is 1.64. The summed E-state index contributed by atoms with van der Waals surface area (Å²) in [5.74, 6) is 2.32. The molecule has 0 bridgehead atoms. The summed E-state index contributed by atoms with van der Waals surface area (Å²) in [6.07, 6.45) is 0.685. The molecule has 166 valence electrons. The quantitative estimate of drug-likeness (QED) is 0.449. The maximum absolute atomic E-state index is 13.0. The number of methoxy groups -OCH3 is 1. The number of amides is 1. The van der Waals surface area contributed by atoms with E-state index in [2.05, 4.69) is 36.5 Å². The third-order valence-corrected chi connectivity index (χ3v) is 6.71. The Kier molecular flexibility index (Phi) is 6.47. The Morgan fingerprint density at radius 2 is 1.81 bits per heavy atom. The van der Waals surface area contributed by atoms with Gasteiger partial charge in [-0.1, -0.05) is 29.8 Å². The van der Waals surface area contributed by atoms with E-state index in [0.29, 0.717) is 12.0 Å². The minimum absolute atomic E-state index is 0.0841. The number of thioether (sulfide) groups is 1. The van der Waals surface area contributed by atoms with Gasteiger partial charge in [0, 0.05) is 28.2 Å². The Morgan fingerprint density at radius 1 is 1.09 bits per heavy atom. The molecule has 1 aliphatic rings. The molecule has 3 aromatic carbocycles. The number of fused-ring (bicyclic) bond motifs is 1. The van der Waals surface area contributed by atoms with Gasteiger partial charge in [0.05, 0.1) is 13.2 Å². The third-order valence-electron chi connectivity index (χ3n) is 5.62. The Bertz CT molecular complexity index is 1090. The molecule has 4 nitrogen and oxygen atoms in total. The summed E-state index contributed by atoms with van der Waals surface area (Å²) in [6, 6.07) is 22.0. The Balaban J connectivity index is 1.44. The molecule has 1 amide bonds. The van der Waals surface area contributed by atoms with Crippen molar-refractivity contribution in [3.63, 3.8) is 0 Å². The Labute approximate surface area is 194 Å². The zero-order valence-corrected chi connectivity index (χ0v) is 19.8. The van der Waals surface area contributed by atoms with Crippen LogP contribution in [0.25, 0.3) is 0 Å². The number of aryl methyl sites for hydroxylation is 1. The number of nitrogens with one attached hydrogen (secondary N) is 1. The molecular formula is C27H29NO3S. The minimum Gasteiger partial charge on any atom is -0.497 e. The molecule has 3 aromatic rings. The molecule has 4 rings (SSSR count). The van der Waals surface area contributed by atoms with Gasteiger partial charge >= 0.3 is 0 Å². The van der Waals surface area contributed by atoms with Crippen molar-refractivity contribution in [2.24, 2.45) is 0 Å². The van der Waals surface area contributed by atoms with Gasteiger partial charge < -0.3 is 14.8 Å². The number of carbonyl (C=O) groups is 1. The van der Waals surface area contributed by atoms with Gasteiger partial charge in [-0.15, -0.1) is 11.8 Å². The van der Waals surface area contributed by atoms with Crippen LogP contribution in [0.1, 0.15) is 53.4 Å². The molecule has 5 heteroatoms. The normalized spacial score (nSPS) is 16.6. The van der Waals surface area contributed by atoms with E-state index in [4.69, 9.17) is 9.47 Å². The molecule has 0 aliphatic carbocycles. The summed E-state index contributed by atoms with van der Waals surface area (Å²) in [6.45, 7) is 6.17. The second-order valence-electron chi connectivity index (χ2n) is 8.79. The zero-order chi connectivity index (χ0) is 22.7. The van der Waals surface area contributed by atoms with Crippen LogP contribution in [0, 0.1) is 6.92 Å². The molecule has 0 spiro atoms. The van der Waals surface area contributed by atoms with Crippen molar-refractivity contribution in [1.29, 1.82) is 0 Å². The number of hydrogen-bond acceptors (Lipinski definition) is 4. The van der Waals surface area contributed by atoms with E-state index in [-0.39, 0.29) is 17.6 Å². The highest BCUT2D eigenvalue weighted by Crippen LogP contribution is 2.41. The van der Waals surface area contributed by atoms with Crippen LogP contribution in [0.5, 0.6) is 11.5 Å². The molecule has 32 heavy (non-hydrogen) atoms. The molecule has 0 aromatic heterocycles. The lowest BCUT2D eigenvalue weighted by Gasteiger charge is -2.38. The highest BCUT2D eigenvalue weighted by atomic mass is 32.2. The number of rotatable bonds is 6. The topological polar surface area (TPSA) is 47.6 Å². The van der Waals surface area contributed by atoms with Gasteiger partial charge in [0.15, 0.2) is 0 Å². The van der Waals surface area contributed by atoms with Crippen LogP contribution in [0.2, 0.25) is 0 Å². The summed E-state index contributed by atoms with van der Waals surface area (Å²) < 4.78 is 11.5. The van der Waals surface area contributed by atoms with Crippen molar-refractivity contribution in [1.82, 2.24) is 5.32 Å². The van der Waals surface area contributed by atoms with Crippen LogP contribution in [-0.2, 0) is 5.75 Å². The molecule has 1 N–H and O–H groups in total. The first-order valence-corrected chi connectivity index (χ1v) is 11.8. The molecular weight excluding hydrogens is 418 g/mol. The van der Waals surface area contributed by atoms with Crippen molar-refractivity contribution in [3.05, 3.63) is 89.0 Å². The van der Waals surface area contributed by atoms with Crippen LogP contribution in [-0.4, -0.2) is 18.6 Å². The average Bonchev–Trinajstić information content (AvgIpc) is 2.78. The molecule has 0 saturated heterocycles. The molecule has 0 fully saturated rings. The second-order valence-corrected chi connectivity index (χ2v) is 9.84. The van der Waals surface area contributed by atoms with E-state index in [1.807, 2.05) is 56.3 Å². The largest absolute Gasteiger partial charge is 0.497 e. The van der Waals surface area contributed by atoms with Gasteiger partial charge in [0.2, 0.25) is 0 Å². The van der Waals surface area contributed by atoms with Crippen LogP contribution in [0.3, 0.4) is 0 Å². The van der Waals surface area contributed by atoms with Crippen LogP contribution in [0.15, 0.2) is 71.6 Å².